The third-order valence-electron chi connectivity index (χ3n) is 4.52. The van der Waals surface area contributed by atoms with Gasteiger partial charge in [-0.2, -0.15) is 0 Å². The highest BCUT2D eigenvalue weighted by Gasteiger charge is 2.19. The minimum absolute atomic E-state index is 0.00352. The summed E-state index contributed by atoms with van der Waals surface area (Å²) in [4.78, 5) is 24.6. The lowest BCUT2D eigenvalue weighted by Gasteiger charge is -2.12. The lowest BCUT2D eigenvalue weighted by Crippen LogP contribution is -2.33. The molecule has 0 spiro atoms. The molecule has 0 aromatic heterocycles. The Hall–Kier alpha value is -3.69. The molecule has 0 atom stereocenters. The van der Waals surface area contributed by atoms with E-state index < -0.39 is 21.8 Å². The van der Waals surface area contributed by atoms with E-state index in [2.05, 4.69) is 16.0 Å². The molecule has 0 saturated heterocycles. The third kappa shape index (κ3) is 5.93. The molecule has 0 unspecified atom stereocenters. The molecule has 3 aromatic carbocycles. The van der Waals surface area contributed by atoms with Crippen molar-refractivity contribution in [1.29, 1.82) is 0 Å². The number of sulfonamides is 1. The maximum absolute atomic E-state index is 12.4. The van der Waals surface area contributed by atoms with Crippen molar-refractivity contribution in [1.82, 2.24) is 9.62 Å². The van der Waals surface area contributed by atoms with Crippen LogP contribution in [-0.4, -0.2) is 45.2 Å². The van der Waals surface area contributed by atoms with Crippen LogP contribution in [0.3, 0.4) is 0 Å². The summed E-state index contributed by atoms with van der Waals surface area (Å²) in [7, 11) is -0.833. The Balaban J connectivity index is 1.54. The van der Waals surface area contributed by atoms with Gasteiger partial charge in [-0.05, 0) is 54.6 Å². The number of hydrogen-bond donors (Lipinski definition) is 3. The molecule has 3 N–H and O–H groups in total. The largest absolute Gasteiger partial charge is 0.356 e. The normalized spacial score (nSPS) is 11.1. The number of carbonyl (C=O) groups is 2. The molecule has 0 radical (unpaired) electrons. The highest BCUT2D eigenvalue weighted by molar-refractivity contribution is 7.89. The second-order valence-corrected chi connectivity index (χ2v) is 9.27. The van der Waals surface area contributed by atoms with Crippen LogP contribution in [0, 0.1) is 0 Å². The predicted octanol–water partition coefficient (Wildman–Crippen LogP) is 3.05. The van der Waals surface area contributed by atoms with Gasteiger partial charge in [0, 0.05) is 36.7 Å². The molecule has 0 aliphatic carbocycles. The molecule has 166 valence electrons. The van der Waals surface area contributed by atoms with Gasteiger partial charge in [-0.15, -0.1) is 0 Å². The minimum Gasteiger partial charge on any atom is -0.356 e. The summed E-state index contributed by atoms with van der Waals surface area (Å²) in [6.45, 7) is -0.256. The fraction of sp³-hybridized carbons (Fsp3) is 0.130. The minimum atomic E-state index is -3.66. The van der Waals surface area contributed by atoms with E-state index in [1.54, 1.807) is 12.1 Å². The molecule has 0 aliphatic rings. The number of hydrogen-bond acceptors (Lipinski definition) is 5. The summed E-state index contributed by atoms with van der Waals surface area (Å²) in [5.74, 6) is -0.947. The van der Waals surface area contributed by atoms with Crippen LogP contribution in [0.5, 0.6) is 0 Å². The molecule has 0 saturated carbocycles. The number of rotatable bonds is 8. The first-order chi connectivity index (χ1) is 15.3. The number of amides is 2. The zero-order valence-corrected chi connectivity index (χ0v) is 18.5. The molecule has 0 aliphatic heterocycles. The van der Waals surface area contributed by atoms with Crippen molar-refractivity contribution in [3.05, 3.63) is 84.4 Å². The van der Waals surface area contributed by atoms with Gasteiger partial charge in [-0.1, -0.05) is 24.3 Å². The number of benzene rings is 3. The maximum Gasteiger partial charge on any atom is 0.251 e. The Kier molecular flexibility index (Phi) is 7.24. The van der Waals surface area contributed by atoms with Crippen LogP contribution >= 0.6 is 0 Å². The fourth-order valence-corrected chi connectivity index (χ4v) is 3.75. The van der Waals surface area contributed by atoms with Crippen molar-refractivity contribution in [3.63, 3.8) is 0 Å². The summed E-state index contributed by atoms with van der Waals surface area (Å²) < 4.78 is 25.5. The molecule has 0 fully saturated rings. The first kappa shape index (κ1) is 23.0. The number of para-hydroxylation sites is 1. The van der Waals surface area contributed by atoms with E-state index in [-0.39, 0.29) is 17.0 Å². The zero-order valence-electron chi connectivity index (χ0n) is 17.7. The van der Waals surface area contributed by atoms with Crippen LogP contribution in [0.4, 0.5) is 17.1 Å². The SMILES string of the molecule is CN(C)S(=O)(=O)c1cccc(C(=O)NCC(=O)Nc2ccc(Nc3ccccc3)cc2)c1. The van der Waals surface area contributed by atoms with Gasteiger partial charge in [-0.3, -0.25) is 9.59 Å². The van der Waals surface area contributed by atoms with Crippen molar-refractivity contribution in [2.75, 3.05) is 31.3 Å². The predicted molar refractivity (Wildman–Crippen MR) is 124 cm³/mol. The monoisotopic (exact) mass is 452 g/mol. The Morgan fingerprint density at radius 3 is 2.09 bits per heavy atom. The van der Waals surface area contributed by atoms with Crippen molar-refractivity contribution in [2.24, 2.45) is 0 Å². The fourth-order valence-electron chi connectivity index (χ4n) is 2.80. The van der Waals surface area contributed by atoms with Gasteiger partial charge < -0.3 is 16.0 Å². The molecular weight excluding hydrogens is 428 g/mol. The van der Waals surface area contributed by atoms with Crippen LogP contribution in [0.25, 0.3) is 0 Å². The average molecular weight is 453 g/mol. The first-order valence-electron chi connectivity index (χ1n) is 9.78. The Labute approximate surface area is 187 Å². The first-order valence-corrected chi connectivity index (χ1v) is 11.2. The van der Waals surface area contributed by atoms with Crippen LogP contribution < -0.4 is 16.0 Å². The van der Waals surface area contributed by atoms with E-state index >= 15 is 0 Å². The molecule has 3 aromatic rings. The number of nitrogens with one attached hydrogen (secondary N) is 3. The van der Waals surface area contributed by atoms with Crippen LogP contribution in [0.1, 0.15) is 10.4 Å². The summed E-state index contributed by atoms with van der Waals surface area (Å²) >= 11 is 0. The van der Waals surface area contributed by atoms with Crippen molar-refractivity contribution >= 4 is 38.9 Å². The van der Waals surface area contributed by atoms with E-state index in [1.165, 1.54) is 38.4 Å². The summed E-state index contributed by atoms with van der Waals surface area (Å²) in [5.41, 5.74) is 2.56. The van der Waals surface area contributed by atoms with Gasteiger partial charge in [0.05, 0.1) is 11.4 Å². The second-order valence-electron chi connectivity index (χ2n) is 7.11. The van der Waals surface area contributed by atoms with Crippen LogP contribution in [-0.2, 0) is 14.8 Å². The maximum atomic E-state index is 12.4. The van der Waals surface area contributed by atoms with E-state index in [0.717, 1.165) is 15.7 Å². The third-order valence-corrected chi connectivity index (χ3v) is 6.33. The number of nitrogens with zero attached hydrogens (tertiary/aromatic N) is 1. The standard InChI is InChI=1S/C23H24N4O4S/c1-27(2)32(30,31)21-10-6-7-17(15-21)23(29)24-16-22(28)26-20-13-11-19(12-14-20)25-18-8-4-3-5-9-18/h3-15,25H,16H2,1-2H3,(H,24,29)(H,26,28). The molecule has 9 heteroatoms. The quantitative estimate of drug-likeness (QED) is 0.487. The molecule has 3 rings (SSSR count). The highest BCUT2D eigenvalue weighted by atomic mass is 32.2. The molecular formula is C23H24N4O4S. The lowest BCUT2D eigenvalue weighted by molar-refractivity contribution is -0.115. The molecule has 2 amide bonds. The average Bonchev–Trinajstić information content (AvgIpc) is 2.79. The molecule has 0 heterocycles. The van der Waals surface area contributed by atoms with Gasteiger partial charge in [0.1, 0.15) is 0 Å². The molecule has 8 nitrogen and oxygen atoms in total. The van der Waals surface area contributed by atoms with Gasteiger partial charge in [0.15, 0.2) is 0 Å². The smallest absolute Gasteiger partial charge is 0.251 e. The Morgan fingerprint density at radius 2 is 1.44 bits per heavy atom. The summed E-state index contributed by atoms with van der Waals surface area (Å²) in [6.07, 6.45) is 0. The number of carbonyl (C=O) groups excluding carboxylic acids is 2. The van der Waals surface area contributed by atoms with Gasteiger partial charge >= 0.3 is 0 Å². The van der Waals surface area contributed by atoms with Crippen LogP contribution in [0.15, 0.2) is 83.8 Å². The summed E-state index contributed by atoms with van der Waals surface area (Å²) in [5, 5.41) is 8.45. The van der Waals surface area contributed by atoms with E-state index in [0.29, 0.717) is 5.69 Å². The van der Waals surface area contributed by atoms with Crippen molar-refractivity contribution < 1.29 is 18.0 Å². The topological polar surface area (TPSA) is 108 Å². The van der Waals surface area contributed by atoms with Gasteiger partial charge in [-0.25, -0.2) is 12.7 Å². The van der Waals surface area contributed by atoms with E-state index in [9.17, 15) is 18.0 Å². The zero-order chi connectivity index (χ0) is 23.1. The van der Waals surface area contributed by atoms with Gasteiger partial charge in [0.25, 0.3) is 5.91 Å². The second kappa shape index (κ2) is 10.1. The Morgan fingerprint density at radius 1 is 0.812 bits per heavy atom. The van der Waals surface area contributed by atoms with Crippen molar-refractivity contribution in [3.8, 4) is 0 Å². The molecule has 32 heavy (non-hydrogen) atoms. The highest BCUT2D eigenvalue weighted by Crippen LogP contribution is 2.18. The summed E-state index contributed by atoms with van der Waals surface area (Å²) in [6, 6.07) is 22.5. The van der Waals surface area contributed by atoms with Crippen LogP contribution in [0.2, 0.25) is 0 Å². The van der Waals surface area contributed by atoms with Gasteiger partial charge in [0.2, 0.25) is 15.9 Å². The van der Waals surface area contributed by atoms with E-state index in [4.69, 9.17) is 0 Å². The number of anilines is 3. The van der Waals surface area contributed by atoms with E-state index in [1.807, 2.05) is 42.5 Å². The lowest BCUT2D eigenvalue weighted by atomic mass is 10.2. The molecule has 0 bridgehead atoms. The Bertz CT molecular complexity index is 1190. The van der Waals surface area contributed by atoms with Crippen molar-refractivity contribution in [2.45, 2.75) is 4.90 Å².